The Morgan fingerprint density at radius 1 is 0.860 bits per heavy atom. The summed E-state index contributed by atoms with van der Waals surface area (Å²) in [5.41, 5.74) is 15.1. The second-order valence-corrected chi connectivity index (χ2v) is 13.9. The molecule has 57 heavy (non-hydrogen) atoms. The van der Waals surface area contributed by atoms with Crippen LogP contribution in [0.15, 0.2) is 53.5 Å². The molecule has 0 fully saturated rings. The minimum absolute atomic E-state index is 0.113. The quantitative estimate of drug-likeness (QED) is 0.0823. The number of nitrogens with one attached hydrogen (secondary N) is 1. The van der Waals surface area contributed by atoms with Crippen molar-refractivity contribution in [3.05, 3.63) is 87.3 Å². The summed E-state index contributed by atoms with van der Waals surface area (Å²) in [5, 5.41) is 21.1. The first kappa shape index (κ1) is 40.1. The zero-order valence-electron chi connectivity index (χ0n) is 32.1. The molecule has 0 atom stereocenters. The van der Waals surface area contributed by atoms with Crippen LogP contribution in [0.2, 0.25) is 0 Å². The number of anilines is 1. The number of aliphatic hydroxyl groups is 1. The molecule has 298 valence electrons. The van der Waals surface area contributed by atoms with Gasteiger partial charge in [-0.25, -0.2) is 4.98 Å². The Bertz CT molecular complexity index is 2630. The standard InChI is InChI=1S/C38H43N11O7S/c1-6-48-26(15-21(3)44-48)35(53)42-37-41-25-17-23(33(39)51)19-29(56-14-10-13-50)31(25)46(37)11-8-9-12-47-32-28(55-5)18-24(34(40)52)20-30(32)57-38(47)43-36(54)27-16-22(4)45-49(27)7-2/h8-9,15-20,50H,6-7,10-14H2,1-5H3,(H2,39,51)(H2,40,52)(H,41,42,53)/b9-8+,43-38?. The zero-order chi connectivity index (χ0) is 41.0. The van der Waals surface area contributed by atoms with Gasteiger partial charge in [0, 0.05) is 50.3 Å². The summed E-state index contributed by atoms with van der Waals surface area (Å²) in [7, 11) is 1.47. The number of aliphatic hydroxyl groups excluding tert-OH is 1. The number of nitrogens with zero attached hydrogens (tertiary/aromatic N) is 8. The number of allylic oxidation sites excluding steroid dienone is 2. The number of thiazole rings is 1. The van der Waals surface area contributed by atoms with E-state index >= 15 is 0 Å². The number of hydrogen-bond donors (Lipinski definition) is 4. The number of rotatable bonds is 16. The first-order valence-corrected chi connectivity index (χ1v) is 18.9. The lowest BCUT2D eigenvalue weighted by Crippen LogP contribution is -2.20. The number of amides is 4. The number of carbonyl (C=O) groups is 4. The number of aromatic nitrogens is 7. The van der Waals surface area contributed by atoms with Crippen molar-refractivity contribution >= 4 is 62.2 Å². The first-order chi connectivity index (χ1) is 27.4. The largest absolute Gasteiger partial charge is 0.494 e. The van der Waals surface area contributed by atoms with Crippen LogP contribution in [0.5, 0.6) is 11.5 Å². The fourth-order valence-corrected chi connectivity index (χ4v) is 7.42. The van der Waals surface area contributed by atoms with Crippen molar-refractivity contribution in [2.24, 2.45) is 16.5 Å². The lowest BCUT2D eigenvalue weighted by atomic mass is 10.1. The molecular weight excluding hydrogens is 755 g/mol. The molecule has 18 nitrogen and oxygen atoms in total. The third-order valence-corrected chi connectivity index (χ3v) is 9.94. The van der Waals surface area contributed by atoms with E-state index in [-0.39, 0.29) is 49.1 Å². The number of nitrogens with two attached hydrogens (primary N) is 2. The van der Waals surface area contributed by atoms with Gasteiger partial charge in [-0.2, -0.15) is 15.2 Å². The minimum atomic E-state index is -0.696. The molecule has 4 aromatic heterocycles. The smallest absolute Gasteiger partial charge is 0.297 e. The van der Waals surface area contributed by atoms with Crippen molar-refractivity contribution in [1.29, 1.82) is 0 Å². The first-order valence-electron chi connectivity index (χ1n) is 18.1. The van der Waals surface area contributed by atoms with Crippen molar-refractivity contribution in [1.82, 2.24) is 33.7 Å². The van der Waals surface area contributed by atoms with Crippen molar-refractivity contribution in [2.75, 3.05) is 25.6 Å². The Hall–Kier alpha value is -6.60. The lowest BCUT2D eigenvalue weighted by molar-refractivity contribution is 0.0982. The predicted octanol–water partition coefficient (Wildman–Crippen LogP) is 3.32. The average molecular weight is 798 g/mol. The van der Waals surface area contributed by atoms with Crippen LogP contribution >= 0.6 is 11.3 Å². The average Bonchev–Trinajstić information content (AvgIpc) is 3.95. The molecule has 0 saturated heterocycles. The van der Waals surface area contributed by atoms with Gasteiger partial charge in [0.1, 0.15) is 33.9 Å². The van der Waals surface area contributed by atoms with Crippen LogP contribution in [0.4, 0.5) is 5.95 Å². The highest BCUT2D eigenvalue weighted by atomic mass is 32.1. The number of primary amides is 2. The summed E-state index contributed by atoms with van der Waals surface area (Å²) in [6.07, 6.45) is 4.00. The van der Waals surface area contributed by atoms with E-state index in [9.17, 15) is 24.3 Å². The summed E-state index contributed by atoms with van der Waals surface area (Å²) < 4.78 is 19.0. The molecular formula is C38H43N11O7S. The maximum Gasteiger partial charge on any atom is 0.297 e. The Kier molecular flexibility index (Phi) is 12.0. The van der Waals surface area contributed by atoms with Gasteiger partial charge < -0.3 is 35.2 Å². The molecule has 0 radical (unpaired) electrons. The molecule has 2 aromatic carbocycles. The maximum absolute atomic E-state index is 13.7. The van der Waals surface area contributed by atoms with Crippen molar-refractivity contribution in [2.45, 2.75) is 60.3 Å². The van der Waals surface area contributed by atoms with Crippen LogP contribution in [-0.2, 0) is 26.2 Å². The van der Waals surface area contributed by atoms with Gasteiger partial charge in [0.25, 0.3) is 11.8 Å². The van der Waals surface area contributed by atoms with Gasteiger partial charge >= 0.3 is 0 Å². The Morgan fingerprint density at radius 3 is 2.11 bits per heavy atom. The Balaban J connectivity index is 1.44. The van der Waals surface area contributed by atoms with Crippen LogP contribution in [0.1, 0.15) is 73.3 Å². The van der Waals surface area contributed by atoms with E-state index in [0.29, 0.717) is 74.1 Å². The van der Waals surface area contributed by atoms with E-state index in [1.54, 1.807) is 50.5 Å². The molecule has 6 aromatic rings. The summed E-state index contributed by atoms with van der Waals surface area (Å²) in [6, 6.07) is 9.54. The third kappa shape index (κ3) is 8.33. The van der Waals surface area contributed by atoms with Gasteiger partial charge in [-0.3, -0.25) is 33.9 Å². The molecule has 0 bridgehead atoms. The molecule has 4 heterocycles. The minimum Gasteiger partial charge on any atom is -0.494 e. The van der Waals surface area contributed by atoms with Crippen molar-refractivity contribution in [3.63, 3.8) is 0 Å². The van der Waals surface area contributed by atoms with E-state index in [0.717, 1.165) is 0 Å². The molecule has 0 unspecified atom stereocenters. The fraction of sp³-hybridized carbons (Fsp3) is 0.316. The summed E-state index contributed by atoms with van der Waals surface area (Å²) in [5.74, 6) is -1.48. The normalized spacial score (nSPS) is 11.9. The highest BCUT2D eigenvalue weighted by molar-refractivity contribution is 7.16. The monoisotopic (exact) mass is 797 g/mol. The van der Waals surface area contributed by atoms with E-state index in [4.69, 9.17) is 25.9 Å². The van der Waals surface area contributed by atoms with Crippen LogP contribution in [0.3, 0.4) is 0 Å². The number of ether oxygens (including phenoxy) is 2. The summed E-state index contributed by atoms with van der Waals surface area (Å²) in [6.45, 7) is 8.65. The van der Waals surface area contributed by atoms with Gasteiger partial charge in [-0.1, -0.05) is 23.5 Å². The van der Waals surface area contributed by atoms with Gasteiger partial charge in [0.05, 0.1) is 35.3 Å². The molecule has 6 rings (SSSR count). The van der Waals surface area contributed by atoms with Crippen molar-refractivity contribution < 1.29 is 33.8 Å². The number of aryl methyl sites for hydroxylation is 4. The molecule has 0 aliphatic rings. The molecule has 0 spiro atoms. The Morgan fingerprint density at radius 2 is 1.47 bits per heavy atom. The van der Waals surface area contributed by atoms with Gasteiger partial charge in [-0.15, -0.1) is 0 Å². The number of imidazole rings is 1. The second kappa shape index (κ2) is 17.0. The highest BCUT2D eigenvalue weighted by Crippen LogP contribution is 2.32. The summed E-state index contributed by atoms with van der Waals surface area (Å²) >= 11 is 1.20. The second-order valence-electron chi connectivity index (χ2n) is 12.9. The van der Waals surface area contributed by atoms with E-state index in [1.807, 2.05) is 26.0 Å². The molecule has 19 heteroatoms. The van der Waals surface area contributed by atoms with Crippen LogP contribution in [-0.4, -0.2) is 82.7 Å². The van der Waals surface area contributed by atoms with E-state index in [2.05, 4.69) is 20.5 Å². The number of methoxy groups -OCH3 is 1. The third-order valence-electron chi connectivity index (χ3n) is 8.92. The maximum atomic E-state index is 13.7. The fourth-order valence-electron chi connectivity index (χ4n) is 6.33. The molecule has 4 amide bonds. The zero-order valence-corrected chi connectivity index (χ0v) is 32.9. The lowest BCUT2D eigenvalue weighted by Gasteiger charge is -2.13. The number of benzene rings is 2. The topological polar surface area (TPSA) is 242 Å². The van der Waals surface area contributed by atoms with Gasteiger partial charge in [0.15, 0.2) is 4.80 Å². The van der Waals surface area contributed by atoms with Crippen molar-refractivity contribution in [3.8, 4) is 11.5 Å². The molecule has 0 saturated carbocycles. The van der Waals surface area contributed by atoms with Crippen LogP contribution in [0.25, 0.3) is 21.3 Å². The Labute approximate surface area is 330 Å². The number of carbonyl (C=O) groups excluding carboxylic acids is 4. The number of hydrogen-bond acceptors (Lipinski definition) is 11. The predicted molar refractivity (Wildman–Crippen MR) is 213 cm³/mol. The molecule has 0 aliphatic carbocycles. The SMILES string of the molecule is CCn1nc(C)cc1C(=O)N=c1sc2cc(C(N)=O)cc(OC)c2n1C/C=C/Cn1c(NC(=O)c2cc(C)nn2CC)nc2cc(C(N)=O)cc(OCCCO)c21. The van der Waals surface area contributed by atoms with Crippen LogP contribution in [0, 0.1) is 13.8 Å². The number of fused-ring (bicyclic) bond motifs is 2. The van der Waals surface area contributed by atoms with Crippen LogP contribution < -0.4 is 31.1 Å². The molecule has 0 aliphatic heterocycles. The van der Waals surface area contributed by atoms with E-state index in [1.165, 1.54) is 36.6 Å². The van der Waals surface area contributed by atoms with E-state index < -0.39 is 23.6 Å². The summed E-state index contributed by atoms with van der Waals surface area (Å²) in [4.78, 5) is 61.3. The molecule has 6 N–H and O–H groups in total. The van der Waals surface area contributed by atoms with Gasteiger partial charge in [-0.05, 0) is 64.1 Å². The highest BCUT2D eigenvalue weighted by Gasteiger charge is 2.22. The van der Waals surface area contributed by atoms with Gasteiger partial charge in [0.2, 0.25) is 17.8 Å².